The second kappa shape index (κ2) is 5.89. The van der Waals surface area contributed by atoms with Crippen LogP contribution >= 0.6 is 11.3 Å². The van der Waals surface area contributed by atoms with Gasteiger partial charge in [0.05, 0.1) is 11.8 Å². The molecule has 6 heteroatoms. The van der Waals surface area contributed by atoms with Crippen molar-refractivity contribution in [3.05, 3.63) is 29.9 Å². The van der Waals surface area contributed by atoms with Crippen LogP contribution in [0.5, 0.6) is 0 Å². The summed E-state index contributed by atoms with van der Waals surface area (Å²) < 4.78 is 0. The van der Waals surface area contributed by atoms with Gasteiger partial charge in [-0.25, -0.2) is 4.98 Å². The molecule has 0 aliphatic rings. The zero-order chi connectivity index (χ0) is 12.8. The minimum atomic E-state index is -0.640. The molecule has 0 aliphatic carbocycles. The summed E-state index contributed by atoms with van der Waals surface area (Å²) >= 11 is 1.44. The molecular formula is C12H10N4OS. The zero-order valence-corrected chi connectivity index (χ0v) is 10.2. The molecule has 0 radical (unpaired) electrons. The molecule has 0 amide bonds. The first kappa shape index (κ1) is 12.2. The topological polar surface area (TPSA) is 78.7 Å². The Bertz CT molecular complexity index is 561. The fourth-order valence-electron chi connectivity index (χ4n) is 1.33. The number of rotatable bonds is 5. The van der Waals surface area contributed by atoms with Gasteiger partial charge in [0.2, 0.25) is 0 Å². The Morgan fingerprint density at radius 2 is 2.28 bits per heavy atom. The van der Waals surface area contributed by atoms with E-state index in [2.05, 4.69) is 15.3 Å². The number of hydrogen-bond acceptors (Lipinski definition) is 6. The number of pyridine rings is 1. The summed E-state index contributed by atoms with van der Waals surface area (Å²) in [5.74, 6) is -0.640. The summed E-state index contributed by atoms with van der Waals surface area (Å²) in [5.41, 5.74) is 1.84. The van der Waals surface area contributed by atoms with Crippen LogP contribution in [-0.4, -0.2) is 22.8 Å². The lowest BCUT2D eigenvalue weighted by molar-refractivity contribution is -0.109. The van der Waals surface area contributed by atoms with Gasteiger partial charge in [0, 0.05) is 29.9 Å². The molecule has 0 aromatic carbocycles. The number of nitrogens with zero attached hydrogens (tertiary/aromatic N) is 3. The van der Waals surface area contributed by atoms with Gasteiger partial charge in [0.15, 0.2) is 5.13 Å². The molecule has 90 valence electrons. The first-order chi connectivity index (χ1) is 8.83. The highest BCUT2D eigenvalue weighted by Gasteiger charge is 2.07. The van der Waals surface area contributed by atoms with Gasteiger partial charge in [0.25, 0.3) is 0 Å². The first-order valence-electron chi connectivity index (χ1n) is 5.28. The zero-order valence-electron chi connectivity index (χ0n) is 9.41. The van der Waals surface area contributed by atoms with Crippen LogP contribution in [0, 0.1) is 17.2 Å². The Hall–Kier alpha value is -2.26. The molecule has 1 atom stereocenters. The van der Waals surface area contributed by atoms with Crippen molar-refractivity contribution in [1.29, 1.82) is 5.26 Å². The fraction of sp³-hybridized carbons (Fsp3) is 0.167. The van der Waals surface area contributed by atoms with Gasteiger partial charge in [-0.3, -0.25) is 4.98 Å². The molecular weight excluding hydrogens is 248 g/mol. The maximum absolute atomic E-state index is 10.5. The number of aldehydes is 1. The lowest BCUT2D eigenvalue weighted by Crippen LogP contribution is -2.13. The molecule has 2 aromatic rings. The summed E-state index contributed by atoms with van der Waals surface area (Å²) in [4.78, 5) is 18.8. The molecule has 5 nitrogen and oxygen atoms in total. The van der Waals surface area contributed by atoms with E-state index < -0.39 is 5.92 Å². The summed E-state index contributed by atoms with van der Waals surface area (Å²) in [7, 11) is 0. The molecule has 1 N–H and O–H groups in total. The van der Waals surface area contributed by atoms with Crippen LogP contribution in [0.4, 0.5) is 5.13 Å². The minimum Gasteiger partial charge on any atom is -0.360 e. The van der Waals surface area contributed by atoms with Crippen molar-refractivity contribution in [2.75, 3.05) is 11.9 Å². The van der Waals surface area contributed by atoms with E-state index in [4.69, 9.17) is 5.26 Å². The van der Waals surface area contributed by atoms with Crippen molar-refractivity contribution in [1.82, 2.24) is 9.97 Å². The highest BCUT2D eigenvalue weighted by Crippen LogP contribution is 2.24. The number of aromatic nitrogens is 2. The van der Waals surface area contributed by atoms with E-state index in [1.807, 2.05) is 23.6 Å². The van der Waals surface area contributed by atoms with Crippen molar-refractivity contribution in [3.8, 4) is 17.3 Å². The van der Waals surface area contributed by atoms with E-state index in [1.54, 1.807) is 12.4 Å². The van der Waals surface area contributed by atoms with Gasteiger partial charge in [-0.05, 0) is 12.1 Å². The quantitative estimate of drug-likeness (QED) is 0.829. The summed E-state index contributed by atoms with van der Waals surface area (Å²) in [6, 6.07) is 5.65. The molecule has 0 saturated heterocycles. The monoisotopic (exact) mass is 258 g/mol. The van der Waals surface area contributed by atoms with Gasteiger partial charge in [0.1, 0.15) is 12.2 Å². The van der Waals surface area contributed by atoms with Crippen LogP contribution in [-0.2, 0) is 4.79 Å². The summed E-state index contributed by atoms with van der Waals surface area (Å²) in [6.07, 6.45) is 4.05. The third kappa shape index (κ3) is 2.90. The third-order valence-electron chi connectivity index (χ3n) is 2.28. The van der Waals surface area contributed by atoms with Crippen LogP contribution in [0.1, 0.15) is 0 Å². The van der Waals surface area contributed by atoms with Crippen LogP contribution in [0.15, 0.2) is 29.9 Å². The highest BCUT2D eigenvalue weighted by molar-refractivity contribution is 7.14. The van der Waals surface area contributed by atoms with E-state index in [0.29, 0.717) is 11.4 Å². The van der Waals surface area contributed by atoms with E-state index in [-0.39, 0.29) is 6.54 Å². The Balaban J connectivity index is 2.03. The molecule has 2 aromatic heterocycles. The van der Waals surface area contributed by atoms with Crippen molar-refractivity contribution in [2.45, 2.75) is 0 Å². The standard InChI is InChI=1S/C12H10N4OS/c13-5-9(7-17)6-15-12-16-11(8-18-12)10-1-3-14-4-2-10/h1-4,7-9H,6H2,(H,15,16). The van der Waals surface area contributed by atoms with Crippen LogP contribution in [0.3, 0.4) is 0 Å². The van der Waals surface area contributed by atoms with Crippen LogP contribution in [0.25, 0.3) is 11.3 Å². The molecule has 18 heavy (non-hydrogen) atoms. The number of nitrogens with one attached hydrogen (secondary N) is 1. The number of carbonyl (C=O) groups excluding carboxylic acids is 1. The second-order valence-electron chi connectivity index (χ2n) is 3.53. The van der Waals surface area contributed by atoms with Gasteiger partial charge in [-0.1, -0.05) is 0 Å². The second-order valence-corrected chi connectivity index (χ2v) is 4.38. The lowest BCUT2D eigenvalue weighted by atomic mass is 10.2. The van der Waals surface area contributed by atoms with Crippen molar-refractivity contribution in [2.24, 2.45) is 5.92 Å². The van der Waals surface area contributed by atoms with Crippen LogP contribution in [0.2, 0.25) is 0 Å². The maximum atomic E-state index is 10.5. The van der Waals surface area contributed by atoms with E-state index in [0.717, 1.165) is 11.3 Å². The predicted octanol–water partition coefficient (Wildman–Crippen LogP) is 1.96. The number of hydrogen-bond donors (Lipinski definition) is 1. The molecule has 1 unspecified atom stereocenters. The average molecular weight is 258 g/mol. The smallest absolute Gasteiger partial charge is 0.183 e. The Labute approximate surface area is 108 Å². The number of nitriles is 1. The largest absolute Gasteiger partial charge is 0.360 e. The summed E-state index contributed by atoms with van der Waals surface area (Å²) in [5, 5.41) is 14.2. The number of carbonyl (C=O) groups is 1. The SMILES string of the molecule is N#CC(C=O)CNc1nc(-c2ccncc2)cs1. The molecule has 0 spiro atoms. The molecule has 0 fully saturated rings. The van der Waals surface area contributed by atoms with Gasteiger partial charge >= 0.3 is 0 Å². The van der Waals surface area contributed by atoms with Crippen molar-refractivity contribution < 1.29 is 4.79 Å². The van der Waals surface area contributed by atoms with Gasteiger partial charge in [-0.15, -0.1) is 11.3 Å². The predicted molar refractivity (Wildman–Crippen MR) is 69.0 cm³/mol. The summed E-state index contributed by atoms with van der Waals surface area (Å²) in [6.45, 7) is 0.281. The fourth-order valence-corrected chi connectivity index (χ4v) is 2.06. The molecule has 0 bridgehead atoms. The maximum Gasteiger partial charge on any atom is 0.183 e. The Morgan fingerprint density at radius 1 is 1.50 bits per heavy atom. The molecule has 0 saturated carbocycles. The highest BCUT2D eigenvalue weighted by atomic mass is 32.1. The Morgan fingerprint density at radius 3 is 2.94 bits per heavy atom. The van der Waals surface area contributed by atoms with Crippen molar-refractivity contribution >= 4 is 22.8 Å². The minimum absolute atomic E-state index is 0.281. The molecule has 0 aliphatic heterocycles. The van der Waals surface area contributed by atoms with Crippen LogP contribution < -0.4 is 5.32 Å². The van der Waals surface area contributed by atoms with Gasteiger partial charge < -0.3 is 10.1 Å². The van der Waals surface area contributed by atoms with E-state index in [1.165, 1.54) is 11.3 Å². The molecule has 2 rings (SSSR count). The Kier molecular flexibility index (Phi) is 3.99. The number of anilines is 1. The van der Waals surface area contributed by atoms with Gasteiger partial charge in [-0.2, -0.15) is 5.26 Å². The number of thiazole rings is 1. The normalized spacial score (nSPS) is 11.5. The van der Waals surface area contributed by atoms with E-state index >= 15 is 0 Å². The lowest BCUT2D eigenvalue weighted by Gasteiger charge is -2.01. The van der Waals surface area contributed by atoms with Crippen molar-refractivity contribution in [3.63, 3.8) is 0 Å². The average Bonchev–Trinajstić information content (AvgIpc) is 2.90. The first-order valence-corrected chi connectivity index (χ1v) is 6.16. The third-order valence-corrected chi connectivity index (χ3v) is 3.08. The van der Waals surface area contributed by atoms with E-state index in [9.17, 15) is 4.79 Å². The molecule has 2 heterocycles.